The van der Waals surface area contributed by atoms with Crippen LogP contribution in [-0.2, 0) is 22.4 Å². The van der Waals surface area contributed by atoms with Crippen molar-refractivity contribution in [2.75, 3.05) is 12.3 Å². The summed E-state index contributed by atoms with van der Waals surface area (Å²) in [6.07, 6.45) is 7.19. The number of nitrogens with zero attached hydrogens (tertiary/aromatic N) is 5. The lowest BCUT2D eigenvalue weighted by Crippen LogP contribution is -2.60. The first kappa shape index (κ1) is 54.0. The van der Waals surface area contributed by atoms with Gasteiger partial charge in [0.2, 0.25) is 5.91 Å². The number of nitrogens with two attached hydrogens (primary N) is 3. The molecule has 3 aliphatic rings. The van der Waals surface area contributed by atoms with E-state index in [0.717, 1.165) is 48.6 Å². The fourth-order valence-electron chi connectivity index (χ4n) is 6.83. The highest BCUT2D eigenvalue weighted by molar-refractivity contribution is 5.91. The number of pyridine rings is 1. The monoisotopic (exact) mass is 944 g/mol. The van der Waals surface area contributed by atoms with E-state index in [4.69, 9.17) is 11.5 Å². The molecule has 13 nitrogen and oxygen atoms in total. The number of ketones is 1. The molecule has 3 fully saturated rings. The Labute approximate surface area is 429 Å². The van der Waals surface area contributed by atoms with Crippen molar-refractivity contribution in [1.29, 1.82) is 0 Å². The third kappa shape index (κ3) is 21.5. The number of carbonyl (C=O) groups is 2. The molecule has 1 saturated carbocycles. The number of fused-ring (bicyclic) bond motifs is 4. The van der Waals surface area contributed by atoms with Gasteiger partial charge in [-0.1, -0.05) is 60.4 Å². The van der Waals surface area contributed by atoms with E-state index in [-0.39, 0.29) is 42.2 Å². The van der Waals surface area contributed by atoms with E-state index in [1.165, 1.54) is 11.1 Å². The first-order valence-electron chi connectivity index (χ1n) is 21.3. The minimum atomic E-state index is -0.879. The maximum Gasteiger partial charge on any atom is 0.239 e. The van der Waals surface area contributed by atoms with Crippen molar-refractivity contribution in [3.05, 3.63) is 82.0 Å². The lowest BCUT2D eigenvalue weighted by molar-refractivity contribution is -0.546. The molecule has 3 unspecified atom stereocenters. The first-order valence-corrected chi connectivity index (χ1v) is 21.3. The van der Waals surface area contributed by atoms with Gasteiger partial charge >= 0.3 is 0 Å². The van der Waals surface area contributed by atoms with Crippen molar-refractivity contribution in [3.63, 3.8) is 0 Å². The van der Waals surface area contributed by atoms with Crippen molar-refractivity contribution < 1.29 is 33.2 Å². The van der Waals surface area contributed by atoms with Crippen molar-refractivity contribution >= 4 is 28.3 Å². The predicted octanol–water partition coefficient (Wildman–Crippen LogP) is 7.18. The molecule has 4 atom stereocenters. The van der Waals surface area contributed by atoms with Gasteiger partial charge in [0.1, 0.15) is 11.6 Å². The van der Waals surface area contributed by atoms with Crippen molar-refractivity contribution in [2.24, 2.45) is 33.9 Å². The number of aryl methyl sites for hydroxylation is 2. The summed E-state index contributed by atoms with van der Waals surface area (Å²) in [4.78, 5) is 41.9. The number of amides is 1. The number of aromatic nitrogens is 1. The average Bonchev–Trinajstić information content (AvgIpc) is 3.38. The van der Waals surface area contributed by atoms with E-state index in [2.05, 4.69) is 193 Å². The Hall–Kier alpha value is -10.4. The summed E-state index contributed by atoms with van der Waals surface area (Å²) in [5.41, 5.74) is 16.0. The molecule has 3 heterocycles. The Balaban J connectivity index is -0.000000111. The molecule has 0 radical (unpaired) electrons. The van der Waals surface area contributed by atoms with Gasteiger partial charge in [-0.3, -0.25) is 15.4 Å². The maximum absolute atomic E-state index is 13.3. The Kier molecular flexibility index (Phi) is 25.6. The molecule has 2 aliphatic heterocycles. The zero-order valence-electron chi connectivity index (χ0n) is 38.3. The number of nitrogen functional groups attached to an aromatic ring is 1. The van der Waals surface area contributed by atoms with Gasteiger partial charge in [0.05, 0.1) is 16.3 Å². The number of nitro groups is 1. The van der Waals surface area contributed by atoms with Gasteiger partial charge in [0, 0.05) is 108 Å². The number of anilines is 1. The fraction of sp³-hybridized carbons (Fsp3) is 0.246. The molecule has 3 aromatic rings. The number of piperidine rings is 2. The van der Waals surface area contributed by atoms with E-state index in [1.807, 2.05) is 41.3 Å². The van der Waals surface area contributed by atoms with Gasteiger partial charge in [0.25, 0.3) is 0 Å². The topological polar surface area (TPSA) is 208 Å². The largest absolute Gasteiger partial charge is 0.383 e. The molecular formula is C57H69N9O4. The van der Waals surface area contributed by atoms with Gasteiger partial charge in [0.15, 0.2) is 5.22 Å². The standard InChI is InChI=1S/C29H34N4O2.C28H6.H3N5O2.13H2/c30-25(11-7-19-4-2-1-3-5-19)29(35)33-18-21-8-12-26(33)24(17-21)27(34)13-9-20-6-10-23-22(16-20)14-15-32-28(23)31;1-3-5-7-9-11-13-15-17-19-21-23-25-27-28-26-24-22-20-18-16-14-12-10-8-6-4-2;1-2-3-4-5(6)7;;;;;;;;;;;;;/h1-6,10,14-16,21,24-26H,7-9,11-13,17-18,30H2,(H2,31,32);1-2H3;(H2,1,3)(H,2,4);13*1H/t21?,24?,25-,26?;;;;;;;;;;;;;;;/m1.............../s1. The highest BCUT2D eigenvalue weighted by Crippen LogP contribution is 2.40. The number of carbonyl (C=O) groups excluding carboxylic acids is 2. The van der Waals surface area contributed by atoms with Crippen molar-refractivity contribution in [3.8, 4) is 154 Å². The lowest BCUT2D eigenvalue weighted by Gasteiger charge is -2.50. The molecule has 6 rings (SSSR count). The van der Waals surface area contributed by atoms with Gasteiger partial charge in [-0.15, -0.1) is 0 Å². The zero-order chi connectivity index (χ0) is 50.4. The third-order valence-electron chi connectivity index (χ3n) is 9.77. The summed E-state index contributed by atoms with van der Waals surface area (Å²) < 4.78 is 0. The van der Waals surface area contributed by atoms with Gasteiger partial charge < -0.3 is 26.5 Å². The molecule has 2 bridgehead atoms. The van der Waals surface area contributed by atoms with E-state index in [1.54, 1.807) is 20.0 Å². The quantitative estimate of drug-likeness (QED) is 0.0533. The normalized spacial score (nSPS) is 13.6. The van der Waals surface area contributed by atoms with Gasteiger partial charge in [-0.05, 0) is 176 Å². The molecule has 1 aliphatic carbocycles. The minimum Gasteiger partial charge on any atom is -0.383 e. The maximum atomic E-state index is 13.3. The smallest absolute Gasteiger partial charge is 0.239 e. The van der Waals surface area contributed by atoms with E-state index < -0.39 is 11.1 Å². The van der Waals surface area contributed by atoms with Crippen LogP contribution in [0.15, 0.2) is 71.2 Å². The summed E-state index contributed by atoms with van der Waals surface area (Å²) >= 11 is 0. The predicted molar refractivity (Wildman–Crippen MR) is 298 cm³/mol. The van der Waals surface area contributed by atoms with E-state index >= 15 is 0 Å². The summed E-state index contributed by atoms with van der Waals surface area (Å²) in [6, 6.07) is 17.7. The molecular weight excluding hydrogens is 875 g/mol. The first-order chi connectivity index (χ1) is 34.2. The molecule has 1 aromatic heterocycles. The van der Waals surface area contributed by atoms with E-state index in [0.29, 0.717) is 31.0 Å². The minimum absolute atomic E-state index is 0. The van der Waals surface area contributed by atoms with Crippen LogP contribution in [0, 0.1) is 176 Å². The second-order valence-electron chi connectivity index (χ2n) is 14.3. The Morgan fingerprint density at radius 1 is 0.757 bits per heavy atom. The number of hydrogen-bond donors (Lipinski definition) is 4. The second-order valence-corrected chi connectivity index (χ2v) is 14.3. The van der Waals surface area contributed by atoms with Crippen LogP contribution in [0.2, 0.25) is 0 Å². The number of benzene rings is 2. The molecule has 70 heavy (non-hydrogen) atoms. The van der Waals surface area contributed by atoms with Gasteiger partial charge in [-0.2, -0.15) is 0 Å². The Morgan fingerprint density at radius 3 is 1.73 bits per heavy atom. The summed E-state index contributed by atoms with van der Waals surface area (Å²) in [6.45, 7) is 4.13. The molecule has 1 amide bonds. The number of hydrazine groups is 1. The van der Waals surface area contributed by atoms with Crippen molar-refractivity contribution in [1.82, 2.24) is 15.4 Å². The average molecular weight is 944 g/mol. The number of Topliss-reactive ketones (excluding diaryl/α,β-unsaturated/α-hetero) is 1. The number of hydrogen-bond acceptors (Lipinski definition) is 9. The van der Waals surface area contributed by atoms with Crippen LogP contribution in [0.3, 0.4) is 0 Å². The lowest BCUT2D eigenvalue weighted by atomic mass is 9.70. The molecule has 0 spiro atoms. The highest BCUT2D eigenvalue weighted by Gasteiger charge is 2.46. The zero-order valence-corrected chi connectivity index (χ0v) is 38.3. The highest BCUT2D eigenvalue weighted by atomic mass is 16.7. The van der Waals surface area contributed by atoms with Crippen LogP contribution in [0.1, 0.15) is 75.6 Å². The fourth-order valence-corrected chi connectivity index (χ4v) is 6.83. The molecule has 366 valence electrons. The van der Waals surface area contributed by atoms with Crippen LogP contribution < -0.4 is 22.8 Å². The van der Waals surface area contributed by atoms with Crippen LogP contribution >= 0.6 is 0 Å². The number of rotatable bonds is 10. The third-order valence-corrected chi connectivity index (χ3v) is 9.77. The second kappa shape index (κ2) is 33.2. The van der Waals surface area contributed by atoms with Gasteiger partial charge in [-0.25, -0.2) is 4.98 Å². The van der Waals surface area contributed by atoms with Crippen LogP contribution in [0.5, 0.6) is 0 Å². The van der Waals surface area contributed by atoms with Crippen molar-refractivity contribution in [2.45, 2.75) is 70.9 Å². The molecule has 2 saturated heterocycles. The summed E-state index contributed by atoms with van der Waals surface area (Å²) in [5.74, 6) is 71.1. The molecule has 2 aromatic carbocycles. The molecule has 13 heteroatoms. The Morgan fingerprint density at radius 2 is 1.27 bits per heavy atom. The summed E-state index contributed by atoms with van der Waals surface area (Å²) in [5, 5.41) is 15.5. The van der Waals surface area contributed by atoms with Crippen LogP contribution in [0.4, 0.5) is 5.82 Å². The van der Waals surface area contributed by atoms with Crippen LogP contribution in [-0.4, -0.2) is 45.2 Å². The SMILES string of the molecule is CC#CC#CC#CC#CC#CC#CC#CC#CC#CC#CC#CC#CC#CC.NN=NN[N+](=O)[O-].Nc1nccc2cc(CCC(=O)C3CC4CCC3N(C(=O)[C@H](N)CCc3ccccc3)C4)ccc12.[HH].[HH].[HH].[HH].[HH].[HH].[HH].[HH].[HH].[HH].[HH].[HH].[HH]. The van der Waals surface area contributed by atoms with Crippen LogP contribution in [0.25, 0.3) is 10.8 Å². The number of nitrogens with one attached hydrogen (secondary N) is 1. The molecule has 7 N–H and O–H groups in total. The Bertz CT molecular complexity index is 3240. The summed E-state index contributed by atoms with van der Waals surface area (Å²) in [7, 11) is 0. The van der Waals surface area contributed by atoms with E-state index in [9.17, 15) is 19.7 Å².